The highest BCUT2D eigenvalue weighted by Gasteiger charge is 2.23. The van der Waals surface area contributed by atoms with Crippen LogP contribution in [0, 0.1) is 17.0 Å². The quantitative estimate of drug-likeness (QED) is 0.668. The first kappa shape index (κ1) is 13.7. The number of nitrogens with zero attached hydrogens (tertiary/aromatic N) is 3. The first-order chi connectivity index (χ1) is 9.13. The molecule has 0 aromatic carbocycles. The third-order valence-electron chi connectivity index (χ3n) is 3.62. The number of anilines is 1. The van der Waals surface area contributed by atoms with Crippen LogP contribution in [0.3, 0.4) is 0 Å². The van der Waals surface area contributed by atoms with Gasteiger partial charge >= 0.3 is 0 Å². The number of nitro groups is 1. The summed E-state index contributed by atoms with van der Waals surface area (Å²) in [6.07, 6.45) is 4.26. The van der Waals surface area contributed by atoms with Crippen molar-refractivity contribution in [3.63, 3.8) is 0 Å². The van der Waals surface area contributed by atoms with Gasteiger partial charge in [0.05, 0.1) is 17.6 Å². The number of hydrogen-bond acceptors (Lipinski definition) is 5. The number of aliphatic hydroxyl groups excluding tert-OH is 1. The molecule has 0 amide bonds. The molecule has 0 saturated carbocycles. The Balaban J connectivity index is 2.28. The molecule has 19 heavy (non-hydrogen) atoms. The molecule has 1 unspecified atom stereocenters. The molecule has 1 saturated heterocycles. The molecule has 1 aliphatic rings. The second-order valence-corrected chi connectivity index (χ2v) is 4.91. The van der Waals surface area contributed by atoms with E-state index in [1.807, 2.05) is 0 Å². The molecule has 1 atom stereocenters. The van der Waals surface area contributed by atoms with E-state index in [9.17, 15) is 15.2 Å². The highest BCUT2D eigenvalue weighted by Crippen LogP contribution is 2.25. The van der Waals surface area contributed by atoms with Gasteiger partial charge in [0, 0.05) is 12.6 Å². The van der Waals surface area contributed by atoms with Gasteiger partial charge in [-0.1, -0.05) is 12.8 Å². The van der Waals surface area contributed by atoms with Crippen LogP contribution in [-0.4, -0.2) is 34.2 Å². The second-order valence-electron chi connectivity index (χ2n) is 4.91. The molecule has 1 aliphatic heterocycles. The van der Waals surface area contributed by atoms with E-state index in [1.165, 1.54) is 6.07 Å². The van der Waals surface area contributed by atoms with Gasteiger partial charge in [-0.2, -0.15) is 0 Å². The number of aryl methyl sites for hydroxylation is 1. The van der Waals surface area contributed by atoms with Gasteiger partial charge in [0.15, 0.2) is 0 Å². The summed E-state index contributed by atoms with van der Waals surface area (Å²) < 4.78 is 0. The van der Waals surface area contributed by atoms with Crippen LogP contribution in [0.1, 0.15) is 31.4 Å². The maximum atomic E-state index is 10.8. The molecule has 0 bridgehead atoms. The lowest BCUT2D eigenvalue weighted by atomic mass is 10.1. The summed E-state index contributed by atoms with van der Waals surface area (Å²) in [6, 6.07) is 3.24. The molecule has 6 heteroatoms. The van der Waals surface area contributed by atoms with Gasteiger partial charge in [0.25, 0.3) is 5.69 Å². The van der Waals surface area contributed by atoms with Crippen molar-refractivity contribution in [2.24, 2.45) is 0 Å². The Morgan fingerprint density at radius 3 is 2.89 bits per heavy atom. The summed E-state index contributed by atoms with van der Waals surface area (Å²) in [4.78, 5) is 16.8. The van der Waals surface area contributed by atoms with Gasteiger partial charge in [-0.3, -0.25) is 10.1 Å². The van der Waals surface area contributed by atoms with Gasteiger partial charge in [-0.15, -0.1) is 0 Å². The lowest BCUT2D eigenvalue weighted by molar-refractivity contribution is -0.385. The lowest BCUT2D eigenvalue weighted by Crippen LogP contribution is -2.38. The van der Waals surface area contributed by atoms with Gasteiger partial charge in [-0.25, -0.2) is 4.98 Å². The van der Waals surface area contributed by atoms with Crippen LogP contribution < -0.4 is 4.90 Å². The molecule has 6 nitrogen and oxygen atoms in total. The Hall–Kier alpha value is -1.69. The van der Waals surface area contributed by atoms with Crippen molar-refractivity contribution in [3.05, 3.63) is 27.9 Å². The summed E-state index contributed by atoms with van der Waals surface area (Å²) in [6.45, 7) is 2.58. The third kappa shape index (κ3) is 3.01. The Morgan fingerprint density at radius 2 is 2.26 bits per heavy atom. The van der Waals surface area contributed by atoms with Crippen molar-refractivity contribution in [3.8, 4) is 0 Å². The fourth-order valence-corrected chi connectivity index (χ4v) is 2.56. The van der Waals surface area contributed by atoms with E-state index in [4.69, 9.17) is 0 Å². The molecule has 104 valence electrons. The molecular formula is C13H19N3O3. The molecule has 0 aliphatic carbocycles. The largest absolute Gasteiger partial charge is 0.394 e. The highest BCUT2D eigenvalue weighted by molar-refractivity contribution is 5.47. The smallest absolute Gasteiger partial charge is 0.290 e. The monoisotopic (exact) mass is 265 g/mol. The molecule has 2 rings (SSSR count). The van der Waals surface area contributed by atoms with Crippen molar-refractivity contribution in [1.29, 1.82) is 0 Å². The van der Waals surface area contributed by atoms with Crippen LogP contribution in [0.25, 0.3) is 0 Å². The SMILES string of the molecule is Cc1nc(N2CCCCCC2CO)ccc1[N+](=O)[O-]. The molecule has 0 radical (unpaired) electrons. The summed E-state index contributed by atoms with van der Waals surface area (Å²) in [5.41, 5.74) is 0.461. The van der Waals surface area contributed by atoms with Gasteiger partial charge in [0.2, 0.25) is 0 Å². The second kappa shape index (κ2) is 5.97. The minimum atomic E-state index is -0.419. The molecular weight excluding hydrogens is 246 g/mol. The number of aromatic nitrogens is 1. The predicted octanol–water partition coefficient (Wildman–Crippen LogP) is 2.04. The minimum absolute atomic E-state index is 0.0409. The maximum Gasteiger partial charge on any atom is 0.290 e. The fraction of sp³-hybridized carbons (Fsp3) is 0.615. The standard InChI is InChI=1S/C13H19N3O3/c1-10-12(16(18)19)6-7-13(14-10)15-8-4-2-3-5-11(15)9-17/h6-7,11,17H,2-5,8-9H2,1H3. The Bertz CT molecular complexity index is 464. The summed E-state index contributed by atoms with van der Waals surface area (Å²) in [5, 5.41) is 20.3. The zero-order valence-electron chi connectivity index (χ0n) is 11.1. The van der Waals surface area contributed by atoms with Crippen molar-refractivity contribution in [2.45, 2.75) is 38.6 Å². The normalized spacial score (nSPS) is 20.1. The Morgan fingerprint density at radius 1 is 1.47 bits per heavy atom. The number of rotatable bonds is 3. The predicted molar refractivity (Wildman–Crippen MR) is 72.3 cm³/mol. The average Bonchev–Trinajstić information content (AvgIpc) is 2.63. The summed E-state index contributed by atoms with van der Waals surface area (Å²) >= 11 is 0. The maximum absolute atomic E-state index is 10.8. The topological polar surface area (TPSA) is 79.5 Å². The summed E-state index contributed by atoms with van der Waals surface area (Å²) in [5.74, 6) is 0.726. The Labute approximate surface area is 112 Å². The highest BCUT2D eigenvalue weighted by atomic mass is 16.6. The van der Waals surface area contributed by atoms with Crippen LogP contribution in [0.15, 0.2) is 12.1 Å². The molecule has 1 aromatic rings. The van der Waals surface area contributed by atoms with Crippen molar-refractivity contribution in [1.82, 2.24) is 4.98 Å². The van der Waals surface area contributed by atoms with E-state index in [2.05, 4.69) is 9.88 Å². The molecule has 2 heterocycles. The van der Waals surface area contributed by atoms with E-state index in [-0.39, 0.29) is 18.3 Å². The average molecular weight is 265 g/mol. The van der Waals surface area contributed by atoms with Crippen molar-refractivity contribution < 1.29 is 10.0 Å². The van der Waals surface area contributed by atoms with E-state index >= 15 is 0 Å². The lowest BCUT2D eigenvalue weighted by Gasteiger charge is -2.29. The zero-order chi connectivity index (χ0) is 13.8. The van der Waals surface area contributed by atoms with Crippen LogP contribution in [0.2, 0.25) is 0 Å². The summed E-state index contributed by atoms with van der Waals surface area (Å²) in [7, 11) is 0. The molecule has 1 fully saturated rings. The van der Waals surface area contributed by atoms with E-state index in [0.29, 0.717) is 5.69 Å². The van der Waals surface area contributed by atoms with Crippen LogP contribution >= 0.6 is 0 Å². The van der Waals surface area contributed by atoms with E-state index in [1.54, 1.807) is 13.0 Å². The van der Waals surface area contributed by atoms with Gasteiger partial charge in [-0.05, 0) is 25.8 Å². The van der Waals surface area contributed by atoms with E-state index < -0.39 is 4.92 Å². The van der Waals surface area contributed by atoms with Gasteiger partial charge in [0.1, 0.15) is 11.5 Å². The van der Waals surface area contributed by atoms with Crippen LogP contribution in [0.5, 0.6) is 0 Å². The molecule has 1 aromatic heterocycles. The first-order valence-corrected chi connectivity index (χ1v) is 6.63. The minimum Gasteiger partial charge on any atom is -0.394 e. The Kier molecular flexibility index (Phi) is 4.31. The third-order valence-corrected chi connectivity index (χ3v) is 3.62. The van der Waals surface area contributed by atoms with Crippen molar-refractivity contribution in [2.75, 3.05) is 18.1 Å². The van der Waals surface area contributed by atoms with Gasteiger partial charge < -0.3 is 10.0 Å². The fourth-order valence-electron chi connectivity index (χ4n) is 2.56. The van der Waals surface area contributed by atoms with E-state index in [0.717, 1.165) is 38.0 Å². The number of pyridine rings is 1. The number of hydrogen-bond donors (Lipinski definition) is 1. The van der Waals surface area contributed by atoms with Crippen LogP contribution in [-0.2, 0) is 0 Å². The molecule has 1 N–H and O–H groups in total. The molecule has 0 spiro atoms. The van der Waals surface area contributed by atoms with Crippen LogP contribution in [0.4, 0.5) is 11.5 Å². The van der Waals surface area contributed by atoms with Crippen molar-refractivity contribution >= 4 is 11.5 Å². The zero-order valence-corrected chi connectivity index (χ0v) is 11.1. The number of aliphatic hydroxyl groups is 1. The first-order valence-electron chi connectivity index (χ1n) is 6.63.